The van der Waals surface area contributed by atoms with E-state index in [4.69, 9.17) is 0 Å². The monoisotopic (exact) mass is 419 g/mol. The van der Waals surface area contributed by atoms with Gasteiger partial charge < -0.3 is 10.2 Å². The number of benzene rings is 1. The van der Waals surface area contributed by atoms with Crippen LogP contribution in [0.15, 0.2) is 28.6 Å². The molecule has 2 aromatic rings. The highest BCUT2D eigenvalue weighted by atomic mass is 32.2. The Hall–Kier alpha value is -2.18. The van der Waals surface area contributed by atoms with E-state index in [2.05, 4.69) is 21.6 Å². The van der Waals surface area contributed by atoms with Crippen LogP contribution in [0, 0.1) is 17.1 Å². The zero-order valence-electron chi connectivity index (χ0n) is 15.8. The van der Waals surface area contributed by atoms with Gasteiger partial charge in [0.1, 0.15) is 11.4 Å². The van der Waals surface area contributed by atoms with Crippen molar-refractivity contribution in [2.24, 2.45) is 0 Å². The lowest BCUT2D eigenvalue weighted by atomic mass is 9.81. The molecule has 0 unspecified atom stereocenters. The summed E-state index contributed by atoms with van der Waals surface area (Å²) in [6.45, 7) is 1.82. The molecule has 1 fully saturated rings. The Labute approximate surface area is 172 Å². The summed E-state index contributed by atoms with van der Waals surface area (Å²) in [6.07, 6.45) is 4.51. The average molecular weight is 420 g/mol. The predicted molar refractivity (Wildman–Crippen MR) is 109 cm³/mol. The SMILES string of the molecule is C[C@@H](Sc1nnc(Nc2cccc(F)c2)s1)C(=O)N(C)C1(C#N)CCCCC1. The minimum absolute atomic E-state index is 0.0803. The largest absolute Gasteiger partial charge is 0.330 e. The summed E-state index contributed by atoms with van der Waals surface area (Å²) < 4.78 is 13.9. The summed E-state index contributed by atoms with van der Waals surface area (Å²) >= 11 is 2.62. The second kappa shape index (κ2) is 8.88. The van der Waals surface area contributed by atoms with Gasteiger partial charge in [-0.3, -0.25) is 4.79 Å². The number of thioether (sulfide) groups is 1. The van der Waals surface area contributed by atoms with Gasteiger partial charge in [0.15, 0.2) is 4.34 Å². The molecule has 1 aliphatic carbocycles. The second-order valence-corrected chi connectivity index (χ2v) is 9.44. The maximum Gasteiger partial charge on any atom is 0.236 e. The lowest BCUT2D eigenvalue weighted by molar-refractivity contribution is -0.133. The number of rotatable bonds is 6. The molecule has 0 aliphatic heterocycles. The molecule has 1 saturated carbocycles. The van der Waals surface area contributed by atoms with Gasteiger partial charge in [0.2, 0.25) is 11.0 Å². The van der Waals surface area contributed by atoms with Crippen molar-refractivity contribution in [2.75, 3.05) is 12.4 Å². The maximum atomic E-state index is 13.3. The Morgan fingerprint density at radius 3 is 2.82 bits per heavy atom. The van der Waals surface area contributed by atoms with Crippen molar-refractivity contribution in [3.8, 4) is 6.07 Å². The van der Waals surface area contributed by atoms with Crippen LogP contribution < -0.4 is 5.32 Å². The van der Waals surface area contributed by atoms with E-state index >= 15 is 0 Å². The van der Waals surface area contributed by atoms with Crippen LogP contribution in [0.3, 0.4) is 0 Å². The number of nitrogens with one attached hydrogen (secondary N) is 1. The van der Waals surface area contributed by atoms with E-state index in [1.54, 1.807) is 24.1 Å². The molecule has 1 aliphatic rings. The third-order valence-electron chi connectivity index (χ3n) is 4.97. The lowest BCUT2D eigenvalue weighted by Gasteiger charge is -2.39. The van der Waals surface area contributed by atoms with Crippen LogP contribution in [0.5, 0.6) is 0 Å². The number of nitriles is 1. The van der Waals surface area contributed by atoms with Crippen molar-refractivity contribution in [3.05, 3.63) is 30.1 Å². The summed E-state index contributed by atoms with van der Waals surface area (Å²) in [5, 5.41) is 21.0. The number of hydrogen-bond acceptors (Lipinski definition) is 7. The molecular weight excluding hydrogens is 397 g/mol. The second-order valence-electron chi connectivity index (χ2n) is 6.87. The minimum atomic E-state index is -0.699. The first kappa shape index (κ1) is 20.6. The van der Waals surface area contributed by atoms with Gasteiger partial charge in [0, 0.05) is 12.7 Å². The molecular formula is C19H22FN5OS2. The maximum absolute atomic E-state index is 13.3. The fourth-order valence-corrected chi connectivity index (χ4v) is 5.35. The zero-order chi connectivity index (χ0) is 20.1. The molecule has 0 bridgehead atoms. The fraction of sp³-hybridized carbons (Fsp3) is 0.474. The molecule has 1 aromatic heterocycles. The van der Waals surface area contributed by atoms with Gasteiger partial charge in [-0.05, 0) is 38.0 Å². The van der Waals surface area contributed by atoms with Gasteiger partial charge >= 0.3 is 0 Å². The third kappa shape index (κ3) is 4.62. The van der Waals surface area contributed by atoms with E-state index in [1.807, 2.05) is 6.92 Å². The van der Waals surface area contributed by atoms with Crippen LogP contribution in [-0.4, -0.2) is 38.8 Å². The Morgan fingerprint density at radius 2 is 2.14 bits per heavy atom. The lowest BCUT2D eigenvalue weighted by Crippen LogP contribution is -2.52. The number of carbonyl (C=O) groups is 1. The van der Waals surface area contributed by atoms with Gasteiger partial charge in [-0.1, -0.05) is 48.4 Å². The zero-order valence-corrected chi connectivity index (χ0v) is 17.4. The van der Waals surface area contributed by atoms with Gasteiger partial charge in [0.25, 0.3) is 0 Å². The number of amides is 1. The van der Waals surface area contributed by atoms with Crippen LogP contribution >= 0.6 is 23.1 Å². The summed E-state index contributed by atoms with van der Waals surface area (Å²) in [7, 11) is 1.73. The Bertz CT molecular complexity index is 875. The van der Waals surface area contributed by atoms with Crippen molar-refractivity contribution < 1.29 is 9.18 Å². The predicted octanol–water partition coefficient (Wildman–Crippen LogP) is 4.59. The molecule has 0 saturated heterocycles. The van der Waals surface area contributed by atoms with Crippen LogP contribution in [-0.2, 0) is 4.79 Å². The van der Waals surface area contributed by atoms with Gasteiger partial charge in [-0.15, -0.1) is 10.2 Å². The molecule has 1 aromatic carbocycles. The third-order valence-corrected chi connectivity index (χ3v) is 6.98. The molecule has 6 nitrogen and oxygen atoms in total. The quantitative estimate of drug-likeness (QED) is 0.690. The first-order valence-corrected chi connectivity index (χ1v) is 10.8. The summed E-state index contributed by atoms with van der Waals surface area (Å²) in [4.78, 5) is 14.5. The molecule has 0 spiro atoms. The van der Waals surface area contributed by atoms with Crippen molar-refractivity contribution in [1.29, 1.82) is 5.26 Å². The Morgan fingerprint density at radius 1 is 1.39 bits per heavy atom. The molecule has 1 N–H and O–H groups in total. The summed E-state index contributed by atoms with van der Waals surface area (Å²) in [5.41, 5.74) is -0.111. The van der Waals surface area contributed by atoms with Crippen LogP contribution in [0.25, 0.3) is 0 Å². The molecule has 148 valence electrons. The number of hydrogen-bond donors (Lipinski definition) is 1. The van der Waals surface area contributed by atoms with Gasteiger partial charge in [0.05, 0.1) is 11.3 Å². The molecule has 1 heterocycles. The van der Waals surface area contributed by atoms with Gasteiger partial charge in [-0.2, -0.15) is 5.26 Å². The highest BCUT2D eigenvalue weighted by molar-refractivity contribution is 8.02. The van der Waals surface area contributed by atoms with Crippen molar-refractivity contribution in [2.45, 2.75) is 54.2 Å². The van der Waals surface area contributed by atoms with Crippen molar-refractivity contribution in [1.82, 2.24) is 15.1 Å². The van der Waals surface area contributed by atoms with Gasteiger partial charge in [-0.25, -0.2) is 4.39 Å². The molecule has 3 rings (SSSR count). The van der Waals surface area contributed by atoms with Crippen molar-refractivity contribution in [3.63, 3.8) is 0 Å². The first-order valence-electron chi connectivity index (χ1n) is 9.15. The normalized spacial score (nSPS) is 16.8. The Balaban J connectivity index is 1.63. The number of halogens is 1. The van der Waals surface area contributed by atoms with E-state index in [1.165, 1.54) is 35.2 Å². The molecule has 28 heavy (non-hydrogen) atoms. The molecule has 9 heteroatoms. The van der Waals surface area contributed by atoms with Crippen molar-refractivity contribution >= 4 is 39.8 Å². The Kier molecular flexibility index (Phi) is 6.52. The van der Waals surface area contributed by atoms with Crippen LogP contribution in [0.4, 0.5) is 15.2 Å². The molecule has 1 amide bonds. The summed E-state index contributed by atoms with van der Waals surface area (Å²) in [5.74, 6) is -0.413. The van der Waals surface area contributed by atoms with E-state index in [0.717, 1.165) is 32.1 Å². The highest BCUT2D eigenvalue weighted by Gasteiger charge is 2.40. The van der Waals surface area contributed by atoms with E-state index in [9.17, 15) is 14.4 Å². The average Bonchev–Trinajstić information content (AvgIpc) is 3.14. The molecule has 1 atom stereocenters. The standard InChI is InChI=1S/C19H22FN5OS2/c1-13(16(26)25(2)19(12-21)9-4-3-5-10-19)27-18-24-23-17(28-18)22-15-8-6-7-14(20)11-15/h6-8,11,13H,3-5,9-10H2,1-2H3,(H,22,23)/t13-/m1/s1. The smallest absolute Gasteiger partial charge is 0.236 e. The topological polar surface area (TPSA) is 81.9 Å². The van der Waals surface area contributed by atoms with E-state index in [-0.39, 0.29) is 17.0 Å². The molecule has 0 radical (unpaired) electrons. The minimum Gasteiger partial charge on any atom is -0.330 e. The first-order chi connectivity index (χ1) is 13.4. The summed E-state index contributed by atoms with van der Waals surface area (Å²) in [6, 6.07) is 8.48. The fourth-order valence-electron chi connectivity index (χ4n) is 3.34. The van der Waals surface area contributed by atoms with Crippen LogP contribution in [0.1, 0.15) is 39.0 Å². The van der Waals surface area contributed by atoms with E-state index in [0.29, 0.717) is 15.2 Å². The van der Waals surface area contributed by atoms with E-state index < -0.39 is 5.54 Å². The van der Waals surface area contributed by atoms with Crippen LogP contribution in [0.2, 0.25) is 0 Å². The number of anilines is 2. The number of aromatic nitrogens is 2. The number of carbonyl (C=O) groups excluding carboxylic acids is 1. The number of nitrogens with zero attached hydrogens (tertiary/aromatic N) is 4. The highest BCUT2D eigenvalue weighted by Crippen LogP contribution is 2.35.